The van der Waals surface area contributed by atoms with Crippen LogP contribution in [0.25, 0.3) is 0 Å². The van der Waals surface area contributed by atoms with Crippen LogP contribution in [0.3, 0.4) is 0 Å². The van der Waals surface area contributed by atoms with Crippen LogP contribution in [0.15, 0.2) is 24.3 Å². The molecule has 0 heterocycles. The molecule has 1 rings (SSSR count). The van der Waals surface area contributed by atoms with Gasteiger partial charge in [-0.3, -0.25) is 10.2 Å². The highest BCUT2D eigenvalue weighted by atomic mass is 16.4. The molecule has 6 N–H and O–H groups in total. The molecule has 0 aromatic heterocycles. The SMILES string of the molecule is N=C(N)N(N)c1ccc(CC(=O)O)cc1. The Labute approximate surface area is 86.6 Å². The van der Waals surface area contributed by atoms with E-state index in [0.717, 1.165) is 5.01 Å². The number of nitrogens with one attached hydrogen (secondary N) is 1. The fourth-order valence-electron chi connectivity index (χ4n) is 1.09. The Kier molecular flexibility index (Phi) is 3.25. The van der Waals surface area contributed by atoms with Gasteiger partial charge in [-0.25, -0.2) is 10.9 Å². The predicted octanol–water partition coefficient (Wildman–Crippen LogP) is -0.113. The summed E-state index contributed by atoms with van der Waals surface area (Å²) in [5.41, 5.74) is 6.39. The predicted molar refractivity (Wildman–Crippen MR) is 56.4 cm³/mol. The largest absolute Gasteiger partial charge is 0.481 e. The molecule has 0 aliphatic heterocycles. The molecule has 1 aromatic carbocycles. The summed E-state index contributed by atoms with van der Waals surface area (Å²) < 4.78 is 0. The van der Waals surface area contributed by atoms with Crippen LogP contribution < -0.4 is 16.6 Å². The third kappa shape index (κ3) is 2.96. The lowest BCUT2D eigenvalue weighted by atomic mass is 10.1. The van der Waals surface area contributed by atoms with Crippen molar-refractivity contribution in [1.82, 2.24) is 0 Å². The third-order valence-corrected chi connectivity index (χ3v) is 1.83. The summed E-state index contributed by atoms with van der Waals surface area (Å²) in [6, 6.07) is 6.48. The number of hydrogen-bond acceptors (Lipinski definition) is 3. The molecule has 80 valence electrons. The molecule has 0 radical (unpaired) electrons. The smallest absolute Gasteiger partial charge is 0.307 e. The number of benzene rings is 1. The van der Waals surface area contributed by atoms with Gasteiger partial charge < -0.3 is 10.8 Å². The van der Waals surface area contributed by atoms with Crippen molar-refractivity contribution in [1.29, 1.82) is 5.41 Å². The van der Waals surface area contributed by atoms with Crippen LogP contribution in [-0.2, 0) is 11.2 Å². The Morgan fingerprint density at radius 1 is 1.40 bits per heavy atom. The van der Waals surface area contributed by atoms with Crippen LogP contribution in [0, 0.1) is 5.41 Å². The number of guanidine groups is 1. The third-order valence-electron chi connectivity index (χ3n) is 1.83. The summed E-state index contributed by atoms with van der Waals surface area (Å²) in [6.45, 7) is 0. The summed E-state index contributed by atoms with van der Waals surface area (Å²) in [4.78, 5) is 10.4. The maximum absolute atomic E-state index is 10.4. The number of rotatable bonds is 3. The Balaban J connectivity index is 2.80. The van der Waals surface area contributed by atoms with E-state index in [1.165, 1.54) is 0 Å². The van der Waals surface area contributed by atoms with Crippen LogP contribution in [-0.4, -0.2) is 17.0 Å². The van der Waals surface area contributed by atoms with Crippen molar-refractivity contribution < 1.29 is 9.90 Å². The van der Waals surface area contributed by atoms with Gasteiger partial charge in [-0.2, -0.15) is 0 Å². The summed E-state index contributed by atoms with van der Waals surface area (Å²) in [5, 5.41) is 16.6. The van der Waals surface area contributed by atoms with Gasteiger partial charge in [-0.05, 0) is 17.7 Å². The molecular formula is C9H12N4O2. The molecule has 0 unspecified atom stereocenters. The highest BCUT2D eigenvalue weighted by Gasteiger charge is 2.05. The van der Waals surface area contributed by atoms with Gasteiger partial charge in [-0.1, -0.05) is 12.1 Å². The van der Waals surface area contributed by atoms with E-state index in [2.05, 4.69) is 0 Å². The molecule has 0 aliphatic rings. The number of carbonyl (C=O) groups is 1. The molecule has 0 fully saturated rings. The zero-order valence-corrected chi connectivity index (χ0v) is 7.97. The summed E-state index contributed by atoms with van der Waals surface area (Å²) in [7, 11) is 0. The van der Waals surface area contributed by atoms with Gasteiger partial charge in [0.15, 0.2) is 0 Å². The van der Waals surface area contributed by atoms with E-state index < -0.39 is 5.97 Å². The fraction of sp³-hybridized carbons (Fsp3) is 0.111. The molecule has 0 aliphatic carbocycles. The summed E-state index contributed by atoms with van der Waals surface area (Å²) in [5.74, 6) is 4.29. The Hall–Kier alpha value is -2.08. The molecule has 0 bridgehead atoms. The summed E-state index contributed by atoms with van der Waals surface area (Å²) in [6.07, 6.45) is -0.0368. The van der Waals surface area contributed by atoms with E-state index in [1.54, 1.807) is 24.3 Å². The first-order valence-corrected chi connectivity index (χ1v) is 4.20. The van der Waals surface area contributed by atoms with E-state index in [0.29, 0.717) is 11.3 Å². The van der Waals surface area contributed by atoms with E-state index >= 15 is 0 Å². The molecule has 0 amide bonds. The number of hydrogen-bond donors (Lipinski definition) is 4. The van der Waals surface area contributed by atoms with Gasteiger partial charge in [0.25, 0.3) is 0 Å². The molecule has 0 saturated carbocycles. The zero-order valence-electron chi connectivity index (χ0n) is 7.97. The van der Waals surface area contributed by atoms with Gasteiger partial charge in [-0.15, -0.1) is 0 Å². The lowest BCUT2D eigenvalue weighted by molar-refractivity contribution is -0.136. The van der Waals surface area contributed by atoms with Gasteiger partial charge >= 0.3 is 5.97 Å². The molecule has 0 spiro atoms. The number of nitrogens with two attached hydrogens (primary N) is 2. The van der Waals surface area contributed by atoms with Crippen molar-refractivity contribution in [2.75, 3.05) is 5.01 Å². The number of anilines is 1. The van der Waals surface area contributed by atoms with Crippen LogP contribution in [0.4, 0.5) is 5.69 Å². The van der Waals surface area contributed by atoms with Crippen LogP contribution in [0.5, 0.6) is 0 Å². The monoisotopic (exact) mass is 208 g/mol. The zero-order chi connectivity index (χ0) is 11.4. The number of carboxylic acids is 1. The van der Waals surface area contributed by atoms with Gasteiger partial charge in [0.2, 0.25) is 5.96 Å². The normalized spacial score (nSPS) is 9.67. The molecule has 0 saturated heterocycles. The minimum absolute atomic E-state index is 0.0368. The minimum atomic E-state index is -0.890. The lowest BCUT2D eigenvalue weighted by Gasteiger charge is -2.15. The molecule has 6 heteroatoms. The lowest BCUT2D eigenvalue weighted by Crippen LogP contribution is -2.42. The molecule has 1 aromatic rings. The number of hydrazine groups is 1. The van der Waals surface area contributed by atoms with Gasteiger partial charge in [0, 0.05) is 0 Å². The number of aliphatic carboxylic acids is 1. The average Bonchev–Trinajstić information content (AvgIpc) is 2.17. The van der Waals surface area contributed by atoms with Gasteiger partial charge in [0.1, 0.15) is 0 Å². The van der Waals surface area contributed by atoms with Crippen LogP contribution >= 0.6 is 0 Å². The molecule has 15 heavy (non-hydrogen) atoms. The highest BCUT2D eigenvalue weighted by molar-refractivity contribution is 5.91. The molecular weight excluding hydrogens is 196 g/mol. The maximum Gasteiger partial charge on any atom is 0.307 e. The van der Waals surface area contributed by atoms with E-state index in [4.69, 9.17) is 22.1 Å². The van der Waals surface area contributed by atoms with E-state index in [-0.39, 0.29) is 12.4 Å². The number of nitrogens with zero attached hydrogens (tertiary/aromatic N) is 1. The minimum Gasteiger partial charge on any atom is -0.481 e. The van der Waals surface area contributed by atoms with E-state index in [9.17, 15) is 4.79 Å². The fourth-order valence-corrected chi connectivity index (χ4v) is 1.09. The van der Waals surface area contributed by atoms with Crippen molar-refractivity contribution in [3.05, 3.63) is 29.8 Å². The Bertz CT molecular complexity index is 374. The van der Waals surface area contributed by atoms with Crippen molar-refractivity contribution in [3.63, 3.8) is 0 Å². The average molecular weight is 208 g/mol. The highest BCUT2D eigenvalue weighted by Crippen LogP contribution is 2.12. The first-order valence-electron chi connectivity index (χ1n) is 4.20. The quantitative estimate of drug-likeness (QED) is 0.239. The van der Waals surface area contributed by atoms with Crippen LogP contribution in [0.1, 0.15) is 5.56 Å². The Morgan fingerprint density at radius 3 is 2.33 bits per heavy atom. The van der Waals surface area contributed by atoms with Crippen molar-refractivity contribution in [2.45, 2.75) is 6.42 Å². The second-order valence-electron chi connectivity index (χ2n) is 2.99. The van der Waals surface area contributed by atoms with Crippen molar-refractivity contribution >= 4 is 17.6 Å². The Morgan fingerprint density at radius 2 is 1.93 bits per heavy atom. The first kappa shape index (κ1) is 11.0. The summed E-state index contributed by atoms with van der Waals surface area (Å²) >= 11 is 0. The standard InChI is InChI=1S/C9H12N4O2/c10-9(11)13(12)7-3-1-6(2-4-7)5-8(14)15/h1-4H,5,12H2,(H3,10,11)(H,14,15). The van der Waals surface area contributed by atoms with Crippen molar-refractivity contribution in [3.8, 4) is 0 Å². The van der Waals surface area contributed by atoms with E-state index in [1.807, 2.05) is 0 Å². The van der Waals surface area contributed by atoms with Crippen LogP contribution in [0.2, 0.25) is 0 Å². The van der Waals surface area contributed by atoms with Gasteiger partial charge in [0.05, 0.1) is 12.1 Å². The van der Waals surface area contributed by atoms with Crippen molar-refractivity contribution in [2.24, 2.45) is 11.6 Å². The topological polar surface area (TPSA) is 116 Å². The molecule has 0 atom stereocenters. The second kappa shape index (κ2) is 4.43. The molecule has 6 nitrogen and oxygen atoms in total. The second-order valence-corrected chi connectivity index (χ2v) is 2.99. The number of carboxylic acid groups (broad SMARTS) is 1. The maximum atomic E-state index is 10.4. The first-order chi connectivity index (χ1) is 7.00.